The van der Waals surface area contributed by atoms with Gasteiger partial charge in [-0.15, -0.1) is 12.4 Å². The zero-order valence-electron chi connectivity index (χ0n) is 16.6. The maximum atomic E-state index is 13.0. The Hall–Kier alpha value is -2.56. The molecular formula is C24H27ClN2O2. The summed E-state index contributed by atoms with van der Waals surface area (Å²) in [5, 5.41) is 5.26. The predicted molar refractivity (Wildman–Crippen MR) is 120 cm³/mol. The van der Waals surface area contributed by atoms with Gasteiger partial charge in [-0.2, -0.15) is 0 Å². The van der Waals surface area contributed by atoms with Crippen LogP contribution in [0.3, 0.4) is 0 Å². The summed E-state index contributed by atoms with van der Waals surface area (Å²) in [6, 6.07) is 22.3. The zero-order chi connectivity index (χ0) is 19.3. The summed E-state index contributed by atoms with van der Waals surface area (Å²) in [4.78, 5) is 15.4. The molecule has 1 aliphatic heterocycles. The van der Waals surface area contributed by atoms with Crippen molar-refractivity contribution in [2.75, 3.05) is 26.7 Å². The molecule has 4 rings (SSSR count). The summed E-state index contributed by atoms with van der Waals surface area (Å²) in [6.07, 6.45) is 2.42. The number of nitrogens with zero attached hydrogens (tertiary/aromatic N) is 1. The number of halogens is 1. The van der Waals surface area contributed by atoms with Crippen LogP contribution in [0, 0.1) is 0 Å². The Kier molecular flexibility index (Phi) is 7.13. The van der Waals surface area contributed by atoms with Gasteiger partial charge in [-0.25, -0.2) is 0 Å². The van der Waals surface area contributed by atoms with Crippen molar-refractivity contribution in [3.05, 3.63) is 77.9 Å². The van der Waals surface area contributed by atoms with Crippen LogP contribution >= 0.6 is 12.4 Å². The molecule has 1 fully saturated rings. The maximum Gasteiger partial charge on any atom is 0.251 e. The Balaban J connectivity index is 0.00000240. The highest BCUT2D eigenvalue weighted by molar-refractivity contribution is 6.07. The minimum Gasteiger partial charge on any atom is -0.497 e. The molecule has 4 nitrogen and oxygen atoms in total. The third kappa shape index (κ3) is 4.72. The number of hydrogen-bond donors (Lipinski definition) is 1. The van der Waals surface area contributed by atoms with Crippen molar-refractivity contribution >= 4 is 29.1 Å². The number of fused-ring (bicyclic) bond motifs is 1. The summed E-state index contributed by atoms with van der Waals surface area (Å²) >= 11 is 0. The molecule has 0 saturated carbocycles. The van der Waals surface area contributed by atoms with E-state index in [1.54, 1.807) is 7.11 Å². The summed E-state index contributed by atoms with van der Waals surface area (Å²) in [6.45, 7) is 2.73. The van der Waals surface area contributed by atoms with Gasteiger partial charge in [-0.3, -0.25) is 9.69 Å². The van der Waals surface area contributed by atoms with E-state index < -0.39 is 0 Å². The Labute approximate surface area is 178 Å². The van der Waals surface area contributed by atoms with E-state index in [2.05, 4.69) is 22.3 Å². The number of carbonyl (C=O) groups is 1. The van der Waals surface area contributed by atoms with Crippen LogP contribution in [0.15, 0.2) is 66.7 Å². The molecule has 1 heterocycles. The third-order valence-electron chi connectivity index (χ3n) is 5.57. The Morgan fingerprint density at radius 2 is 1.69 bits per heavy atom. The second-order valence-corrected chi connectivity index (χ2v) is 7.27. The molecule has 1 N–H and O–H groups in total. The zero-order valence-corrected chi connectivity index (χ0v) is 17.5. The van der Waals surface area contributed by atoms with Crippen LogP contribution in [-0.2, 0) is 0 Å². The number of hydrogen-bond acceptors (Lipinski definition) is 3. The monoisotopic (exact) mass is 410 g/mol. The average molecular weight is 411 g/mol. The molecule has 1 amide bonds. The van der Waals surface area contributed by atoms with Crippen LogP contribution in [0.4, 0.5) is 0 Å². The smallest absolute Gasteiger partial charge is 0.251 e. The lowest BCUT2D eigenvalue weighted by Gasteiger charge is -2.28. The maximum absolute atomic E-state index is 13.0. The highest BCUT2D eigenvalue weighted by Gasteiger charge is 2.24. The van der Waals surface area contributed by atoms with Crippen molar-refractivity contribution < 1.29 is 9.53 Å². The predicted octanol–water partition coefficient (Wildman–Crippen LogP) is 4.84. The molecule has 152 valence electrons. The van der Waals surface area contributed by atoms with Gasteiger partial charge in [0.05, 0.1) is 13.2 Å². The molecule has 3 aromatic carbocycles. The van der Waals surface area contributed by atoms with Gasteiger partial charge in [0.15, 0.2) is 0 Å². The van der Waals surface area contributed by atoms with E-state index in [0.29, 0.717) is 6.54 Å². The van der Waals surface area contributed by atoms with E-state index in [1.165, 1.54) is 18.4 Å². The molecule has 1 saturated heterocycles. The summed E-state index contributed by atoms with van der Waals surface area (Å²) in [5.74, 6) is 0.832. The van der Waals surface area contributed by atoms with Gasteiger partial charge in [0.25, 0.3) is 5.91 Å². The second-order valence-electron chi connectivity index (χ2n) is 7.27. The van der Waals surface area contributed by atoms with Crippen LogP contribution in [0.25, 0.3) is 10.8 Å². The molecule has 1 atom stereocenters. The lowest BCUT2D eigenvalue weighted by molar-refractivity contribution is 0.0939. The van der Waals surface area contributed by atoms with Crippen molar-refractivity contribution in [2.45, 2.75) is 18.9 Å². The highest BCUT2D eigenvalue weighted by Crippen LogP contribution is 2.26. The van der Waals surface area contributed by atoms with E-state index in [0.717, 1.165) is 35.2 Å². The Morgan fingerprint density at radius 1 is 1.00 bits per heavy atom. The van der Waals surface area contributed by atoms with E-state index in [1.807, 2.05) is 54.6 Å². The Bertz CT molecular complexity index is 947. The largest absolute Gasteiger partial charge is 0.497 e. The average Bonchev–Trinajstić information content (AvgIpc) is 3.28. The van der Waals surface area contributed by atoms with Crippen LogP contribution in [-0.4, -0.2) is 37.6 Å². The van der Waals surface area contributed by atoms with E-state index >= 15 is 0 Å². The number of ether oxygens (including phenoxy) is 1. The van der Waals surface area contributed by atoms with Gasteiger partial charge in [-0.05, 0) is 60.5 Å². The van der Waals surface area contributed by atoms with Gasteiger partial charge < -0.3 is 10.1 Å². The fourth-order valence-electron chi connectivity index (χ4n) is 4.05. The SMILES string of the molecule is COc1ccc(C(CNC(=O)c2cccc3ccccc23)N2CCCC2)cc1.Cl. The molecule has 5 heteroatoms. The lowest BCUT2D eigenvalue weighted by Crippen LogP contribution is -2.36. The van der Waals surface area contributed by atoms with Gasteiger partial charge in [0, 0.05) is 12.1 Å². The minimum absolute atomic E-state index is 0. The first kappa shape index (κ1) is 21.2. The molecule has 0 aliphatic carbocycles. The van der Waals surface area contributed by atoms with Gasteiger partial charge in [0.1, 0.15) is 5.75 Å². The summed E-state index contributed by atoms with van der Waals surface area (Å²) in [7, 11) is 1.68. The van der Waals surface area contributed by atoms with Crippen molar-refractivity contribution in [2.24, 2.45) is 0 Å². The van der Waals surface area contributed by atoms with E-state index in [9.17, 15) is 4.79 Å². The van der Waals surface area contributed by atoms with Crippen molar-refractivity contribution in [1.82, 2.24) is 10.2 Å². The Morgan fingerprint density at radius 3 is 2.41 bits per heavy atom. The second kappa shape index (κ2) is 9.77. The van der Waals surface area contributed by atoms with Crippen LogP contribution in [0.5, 0.6) is 5.75 Å². The van der Waals surface area contributed by atoms with Crippen LogP contribution < -0.4 is 10.1 Å². The summed E-state index contributed by atoms with van der Waals surface area (Å²) in [5.41, 5.74) is 1.94. The van der Waals surface area contributed by atoms with Crippen molar-refractivity contribution in [3.63, 3.8) is 0 Å². The molecule has 3 aromatic rings. The van der Waals surface area contributed by atoms with Crippen molar-refractivity contribution in [3.8, 4) is 5.75 Å². The number of benzene rings is 3. The first-order chi connectivity index (χ1) is 13.8. The number of carbonyl (C=O) groups excluding carboxylic acids is 1. The first-order valence-electron chi connectivity index (χ1n) is 9.90. The van der Waals surface area contributed by atoms with Gasteiger partial charge in [-0.1, -0.05) is 48.5 Å². The number of amides is 1. The normalized spacial score (nSPS) is 14.9. The number of likely N-dealkylation sites (tertiary alicyclic amines) is 1. The van der Waals surface area contributed by atoms with E-state index in [4.69, 9.17) is 4.74 Å². The standard InChI is InChI=1S/C24H26N2O2.ClH/c1-28-20-13-11-19(12-14-20)23(26-15-4-5-16-26)17-25-24(27)22-10-6-8-18-7-2-3-9-21(18)22;/h2-3,6-14,23H,4-5,15-17H2,1H3,(H,25,27);1H. The lowest BCUT2D eigenvalue weighted by atomic mass is 10.0. The summed E-state index contributed by atoms with van der Waals surface area (Å²) < 4.78 is 5.29. The number of rotatable bonds is 6. The van der Waals surface area contributed by atoms with Gasteiger partial charge in [0.2, 0.25) is 0 Å². The van der Waals surface area contributed by atoms with Crippen molar-refractivity contribution in [1.29, 1.82) is 0 Å². The molecule has 0 radical (unpaired) electrons. The number of nitrogens with one attached hydrogen (secondary N) is 1. The molecule has 1 aliphatic rings. The topological polar surface area (TPSA) is 41.6 Å². The molecule has 29 heavy (non-hydrogen) atoms. The fraction of sp³-hybridized carbons (Fsp3) is 0.292. The number of methoxy groups -OCH3 is 1. The molecule has 0 aromatic heterocycles. The molecule has 1 unspecified atom stereocenters. The minimum atomic E-state index is -0.0190. The fourth-order valence-corrected chi connectivity index (χ4v) is 4.05. The quantitative estimate of drug-likeness (QED) is 0.632. The third-order valence-corrected chi connectivity index (χ3v) is 5.57. The molecule has 0 bridgehead atoms. The van der Waals surface area contributed by atoms with Crippen LogP contribution in [0.2, 0.25) is 0 Å². The molecule has 0 spiro atoms. The van der Waals surface area contributed by atoms with Gasteiger partial charge >= 0.3 is 0 Å². The van der Waals surface area contributed by atoms with Crippen LogP contribution in [0.1, 0.15) is 34.8 Å². The molecular weight excluding hydrogens is 384 g/mol. The first-order valence-corrected chi connectivity index (χ1v) is 9.90. The van der Waals surface area contributed by atoms with E-state index in [-0.39, 0.29) is 24.4 Å². The highest BCUT2D eigenvalue weighted by atomic mass is 35.5.